The molecule has 8 nitrogen and oxygen atoms in total. The van der Waals surface area contributed by atoms with Gasteiger partial charge in [-0.25, -0.2) is 19.6 Å². The summed E-state index contributed by atoms with van der Waals surface area (Å²) < 4.78 is 1.69. The summed E-state index contributed by atoms with van der Waals surface area (Å²) in [5.74, 6) is 1.12. The van der Waals surface area contributed by atoms with Crippen molar-refractivity contribution >= 4 is 11.6 Å². The van der Waals surface area contributed by atoms with Crippen LogP contribution in [0.1, 0.15) is 41.8 Å². The van der Waals surface area contributed by atoms with Crippen LogP contribution in [0.5, 0.6) is 5.75 Å². The predicted molar refractivity (Wildman–Crippen MR) is 117 cm³/mol. The summed E-state index contributed by atoms with van der Waals surface area (Å²) in [6, 6.07) is 14.6. The minimum absolute atomic E-state index is 0.0631. The van der Waals surface area contributed by atoms with E-state index < -0.39 is 5.91 Å². The van der Waals surface area contributed by atoms with Gasteiger partial charge in [-0.3, -0.25) is 4.79 Å². The fourth-order valence-corrected chi connectivity index (χ4v) is 3.26. The minimum atomic E-state index is -0.447. The van der Waals surface area contributed by atoms with Crippen molar-refractivity contribution in [1.82, 2.24) is 24.7 Å². The molecule has 2 heterocycles. The average molecular weight is 414 g/mol. The highest BCUT2D eigenvalue weighted by Gasteiger charge is 2.18. The molecule has 0 spiro atoms. The first-order valence-corrected chi connectivity index (χ1v) is 9.88. The van der Waals surface area contributed by atoms with Crippen molar-refractivity contribution in [3.63, 3.8) is 0 Å². The molecule has 2 aromatic heterocycles. The largest absolute Gasteiger partial charge is 0.508 e. The van der Waals surface area contributed by atoms with Gasteiger partial charge in [0.05, 0.1) is 23.8 Å². The zero-order valence-electron chi connectivity index (χ0n) is 17.4. The van der Waals surface area contributed by atoms with Crippen LogP contribution in [0.15, 0.2) is 60.9 Å². The van der Waals surface area contributed by atoms with Gasteiger partial charge in [0, 0.05) is 5.56 Å². The highest BCUT2D eigenvalue weighted by molar-refractivity contribution is 6.01. The molecule has 0 fully saturated rings. The summed E-state index contributed by atoms with van der Waals surface area (Å²) in [6.07, 6.45) is 3.00. The second kappa shape index (κ2) is 8.35. The molecule has 8 heteroatoms. The van der Waals surface area contributed by atoms with Gasteiger partial charge in [-0.1, -0.05) is 44.2 Å². The Balaban J connectivity index is 1.54. The van der Waals surface area contributed by atoms with E-state index in [-0.39, 0.29) is 11.6 Å². The molecule has 156 valence electrons. The lowest BCUT2D eigenvalue weighted by molar-refractivity contribution is 0.101. The number of aromatic hydroxyl groups is 1. The second-order valence-electron chi connectivity index (χ2n) is 7.41. The number of hydrogen-bond donors (Lipinski definition) is 2. The Labute approximate surface area is 179 Å². The van der Waals surface area contributed by atoms with Crippen LogP contribution in [-0.2, 0) is 0 Å². The van der Waals surface area contributed by atoms with E-state index in [1.807, 2.05) is 31.2 Å². The van der Waals surface area contributed by atoms with Crippen molar-refractivity contribution in [3.8, 4) is 22.8 Å². The number of benzene rings is 2. The maximum absolute atomic E-state index is 12.7. The molecule has 0 unspecified atom stereocenters. The van der Waals surface area contributed by atoms with E-state index >= 15 is 0 Å². The Kier molecular flexibility index (Phi) is 5.44. The van der Waals surface area contributed by atoms with E-state index in [1.165, 1.54) is 12.4 Å². The molecule has 31 heavy (non-hydrogen) atoms. The summed E-state index contributed by atoms with van der Waals surface area (Å²) in [5, 5.41) is 16.7. The van der Waals surface area contributed by atoms with Gasteiger partial charge in [-0.15, -0.1) is 5.10 Å². The third kappa shape index (κ3) is 4.28. The van der Waals surface area contributed by atoms with Gasteiger partial charge >= 0.3 is 0 Å². The van der Waals surface area contributed by atoms with E-state index in [1.54, 1.807) is 28.9 Å². The van der Waals surface area contributed by atoms with Gasteiger partial charge < -0.3 is 10.4 Å². The maximum Gasteiger partial charge on any atom is 0.295 e. The first-order chi connectivity index (χ1) is 14.9. The zero-order valence-corrected chi connectivity index (χ0v) is 17.4. The number of nitrogens with one attached hydrogen (secondary N) is 1. The highest BCUT2D eigenvalue weighted by Crippen LogP contribution is 2.23. The summed E-state index contributed by atoms with van der Waals surface area (Å²) >= 11 is 0. The lowest BCUT2D eigenvalue weighted by atomic mass is 10.0. The van der Waals surface area contributed by atoms with Crippen LogP contribution >= 0.6 is 0 Å². The number of rotatable bonds is 5. The van der Waals surface area contributed by atoms with Gasteiger partial charge in [0.15, 0.2) is 5.82 Å². The molecular formula is C23H22N6O2. The number of carbonyl (C=O) groups excluding carboxylic acids is 1. The number of nitrogens with zero attached hydrogens (tertiary/aromatic N) is 5. The fraction of sp³-hybridized carbons (Fsp3) is 0.174. The van der Waals surface area contributed by atoms with Gasteiger partial charge in [0.1, 0.15) is 11.6 Å². The number of amides is 1. The number of aryl methyl sites for hydroxylation is 1. The van der Waals surface area contributed by atoms with E-state index in [2.05, 4.69) is 39.2 Å². The number of aromatic nitrogens is 5. The van der Waals surface area contributed by atoms with Crippen LogP contribution in [0, 0.1) is 6.92 Å². The van der Waals surface area contributed by atoms with Gasteiger partial charge in [0.25, 0.3) is 5.91 Å². The third-order valence-corrected chi connectivity index (χ3v) is 4.77. The lowest BCUT2D eigenvalue weighted by Crippen LogP contribution is -2.15. The quantitative estimate of drug-likeness (QED) is 0.509. The Bertz CT molecular complexity index is 1230. The first-order valence-electron chi connectivity index (χ1n) is 9.88. The Morgan fingerprint density at radius 2 is 1.81 bits per heavy atom. The highest BCUT2D eigenvalue weighted by atomic mass is 16.3. The summed E-state index contributed by atoms with van der Waals surface area (Å²) in [6.45, 7) is 6.03. The SMILES string of the molecule is Cc1nc(C(=O)Nc2cnc(-c3cccc(O)c3)nc2)nn1-c1ccccc1C(C)C. The molecular weight excluding hydrogens is 392 g/mol. The summed E-state index contributed by atoms with van der Waals surface area (Å²) in [5.41, 5.74) is 3.13. The average Bonchev–Trinajstić information content (AvgIpc) is 3.16. The fourth-order valence-electron chi connectivity index (χ4n) is 3.26. The molecule has 4 rings (SSSR count). The Hall–Kier alpha value is -4.07. The van der Waals surface area contributed by atoms with Crippen molar-refractivity contribution in [2.45, 2.75) is 26.7 Å². The van der Waals surface area contributed by atoms with Crippen LogP contribution in [0.4, 0.5) is 5.69 Å². The number of anilines is 1. The van der Waals surface area contributed by atoms with Crippen molar-refractivity contribution in [2.24, 2.45) is 0 Å². The normalized spacial score (nSPS) is 11.0. The molecule has 0 aliphatic carbocycles. The predicted octanol–water partition coefficient (Wildman–Crippen LogP) is 4.11. The molecule has 0 aliphatic rings. The third-order valence-electron chi connectivity index (χ3n) is 4.77. The second-order valence-corrected chi connectivity index (χ2v) is 7.41. The van der Waals surface area contributed by atoms with E-state index in [9.17, 15) is 9.90 Å². The summed E-state index contributed by atoms with van der Waals surface area (Å²) in [7, 11) is 0. The van der Waals surface area contributed by atoms with Crippen LogP contribution in [0.3, 0.4) is 0 Å². The molecule has 2 N–H and O–H groups in total. The summed E-state index contributed by atoms with van der Waals surface area (Å²) in [4.78, 5) is 25.5. The van der Waals surface area contributed by atoms with E-state index in [0.717, 1.165) is 11.3 Å². The first kappa shape index (κ1) is 20.2. The molecule has 0 aliphatic heterocycles. The molecule has 0 saturated heterocycles. The molecule has 1 amide bonds. The smallest absolute Gasteiger partial charge is 0.295 e. The molecule has 0 saturated carbocycles. The number of carbonyl (C=O) groups is 1. The van der Waals surface area contributed by atoms with Gasteiger partial charge in [-0.05, 0) is 36.6 Å². The Morgan fingerprint density at radius 3 is 2.52 bits per heavy atom. The maximum atomic E-state index is 12.7. The molecule has 0 bridgehead atoms. The number of para-hydroxylation sites is 1. The van der Waals surface area contributed by atoms with Crippen molar-refractivity contribution in [2.75, 3.05) is 5.32 Å². The molecule has 2 aromatic carbocycles. The number of hydrogen-bond acceptors (Lipinski definition) is 6. The van der Waals surface area contributed by atoms with E-state index in [0.29, 0.717) is 28.8 Å². The van der Waals surface area contributed by atoms with Crippen LogP contribution < -0.4 is 5.32 Å². The van der Waals surface area contributed by atoms with Gasteiger partial charge in [-0.2, -0.15) is 0 Å². The van der Waals surface area contributed by atoms with Crippen molar-refractivity contribution in [3.05, 3.63) is 78.1 Å². The standard InChI is InChI=1S/C23H22N6O2/c1-14(2)19-9-4-5-10-20(19)29-15(3)26-22(28-29)23(31)27-17-12-24-21(25-13-17)16-7-6-8-18(30)11-16/h4-14,30H,1-3H3,(H,27,31). The number of phenols is 1. The van der Waals surface area contributed by atoms with Crippen LogP contribution in [0.25, 0.3) is 17.1 Å². The molecule has 4 aromatic rings. The number of phenolic OH excluding ortho intramolecular Hbond substituents is 1. The Morgan fingerprint density at radius 1 is 1.06 bits per heavy atom. The van der Waals surface area contributed by atoms with E-state index in [4.69, 9.17) is 0 Å². The zero-order chi connectivity index (χ0) is 22.0. The van der Waals surface area contributed by atoms with Crippen LogP contribution in [-0.4, -0.2) is 35.7 Å². The topological polar surface area (TPSA) is 106 Å². The van der Waals surface area contributed by atoms with Gasteiger partial charge in [0.2, 0.25) is 5.82 Å². The molecule has 0 atom stereocenters. The molecule has 0 radical (unpaired) electrons. The minimum Gasteiger partial charge on any atom is -0.508 e. The lowest BCUT2D eigenvalue weighted by Gasteiger charge is -2.12. The van der Waals surface area contributed by atoms with Crippen LogP contribution in [0.2, 0.25) is 0 Å². The van der Waals surface area contributed by atoms with Crippen molar-refractivity contribution < 1.29 is 9.90 Å². The van der Waals surface area contributed by atoms with Crippen molar-refractivity contribution in [1.29, 1.82) is 0 Å². The monoisotopic (exact) mass is 414 g/mol.